The molecule has 1 aliphatic heterocycles. The minimum atomic E-state index is -1.44. The van der Waals surface area contributed by atoms with Crippen molar-refractivity contribution in [3.05, 3.63) is 0 Å². The lowest BCUT2D eigenvalue weighted by atomic mass is 10.3. The van der Waals surface area contributed by atoms with Crippen molar-refractivity contribution in [2.75, 3.05) is 0 Å². The van der Waals surface area contributed by atoms with E-state index in [0.717, 1.165) is 0 Å². The van der Waals surface area contributed by atoms with Crippen LogP contribution in [0.2, 0.25) is 39.3 Å². The van der Waals surface area contributed by atoms with Gasteiger partial charge in [-0.2, -0.15) is 0 Å². The third kappa shape index (κ3) is 5.19. The molecular weight excluding hydrogens is 390 g/mol. The predicted molar refractivity (Wildman–Crippen MR) is 128 cm³/mol. The Labute approximate surface area is 169 Å². The van der Waals surface area contributed by atoms with Gasteiger partial charge in [0.05, 0.1) is 0 Å². The Bertz CT molecular complexity index is 395. The molecule has 0 atom stereocenters. The largest absolute Gasteiger partial charge is 0.253 e. The van der Waals surface area contributed by atoms with Gasteiger partial charge in [0.25, 0.3) is 0 Å². The molecule has 0 aromatic carbocycles. The molecule has 1 rings (SSSR count). The van der Waals surface area contributed by atoms with Gasteiger partial charge in [0, 0.05) is 24.2 Å². The van der Waals surface area contributed by atoms with Gasteiger partial charge in [0.2, 0.25) is 0 Å². The van der Waals surface area contributed by atoms with Crippen LogP contribution in [-0.2, 0) is 0 Å². The Balaban J connectivity index is 3.53. The highest BCUT2D eigenvalue weighted by atomic mass is 31.3. The molecule has 0 N–H and O–H groups in total. The highest BCUT2D eigenvalue weighted by Gasteiger charge is 2.61. The van der Waals surface area contributed by atoms with E-state index >= 15 is 0 Å². The summed E-state index contributed by atoms with van der Waals surface area (Å²) in [5.41, 5.74) is 0. The number of nitrogens with zero attached hydrogens (tertiary/aromatic N) is 4. The summed E-state index contributed by atoms with van der Waals surface area (Å²) in [6, 6.07) is 2.34. The average Bonchev–Trinajstić information content (AvgIpc) is 2.30. The van der Waals surface area contributed by atoms with E-state index in [-0.39, 0.29) is 16.7 Å². The van der Waals surface area contributed by atoms with Gasteiger partial charge in [-0.1, -0.05) is 39.3 Å². The normalized spacial score (nSPS) is 24.0. The van der Waals surface area contributed by atoms with E-state index in [9.17, 15) is 0 Å². The fraction of sp³-hybridized carbons (Fsp3) is 1.00. The van der Waals surface area contributed by atoms with E-state index in [2.05, 4.69) is 112 Å². The Hall–Kier alpha value is 1.13. The van der Waals surface area contributed by atoms with Gasteiger partial charge in [-0.3, -0.25) is 9.34 Å². The molecule has 1 fully saturated rings. The van der Waals surface area contributed by atoms with Gasteiger partial charge in [0.1, 0.15) is 33.2 Å². The summed E-state index contributed by atoms with van der Waals surface area (Å²) in [5.74, 6) is 0. The van der Waals surface area contributed by atoms with Crippen LogP contribution < -0.4 is 0 Å². The van der Waals surface area contributed by atoms with Crippen molar-refractivity contribution in [2.24, 2.45) is 0 Å². The standard InChI is InChI=1S/C18H46N4P2Si2/c1-15(2)19(16(3)4)23-21(25(9,10)11)24(22(23)26(12,13)14)20(17(5)6)18(7)8/h15-18H,1-14H3. The Kier molecular flexibility index (Phi) is 8.59. The van der Waals surface area contributed by atoms with Crippen molar-refractivity contribution >= 4 is 33.2 Å². The molecule has 156 valence electrons. The van der Waals surface area contributed by atoms with Crippen molar-refractivity contribution in [3.63, 3.8) is 0 Å². The highest BCUT2D eigenvalue weighted by molar-refractivity contribution is 7.85. The first kappa shape index (κ1) is 25.2. The van der Waals surface area contributed by atoms with Gasteiger partial charge in [-0.05, 0) is 55.4 Å². The van der Waals surface area contributed by atoms with Crippen molar-refractivity contribution in [1.82, 2.24) is 17.6 Å². The third-order valence-electron chi connectivity index (χ3n) is 4.41. The summed E-state index contributed by atoms with van der Waals surface area (Å²) < 4.78 is 11.7. The molecular formula is C18H46N4P2Si2. The molecule has 0 amide bonds. The van der Waals surface area contributed by atoms with Crippen LogP contribution in [0.4, 0.5) is 0 Å². The molecule has 4 nitrogen and oxygen atoms in total. The fourth-order valence-corrected chi connectivity index (χ4v) is 21.5. The molecule has 0 saturated carbocycles. The minimum Gasteiger partial charge on any atom is -0.253 e. The van der Waals surface area contributed by atoms with Crippen molar-refractivity contribution in [1.29, 1.82) is 0 Å². The Morgan fingerprint density at radius 1 is 0.500 bits per heavy atom. The van der Waals surface area contributed by atoms with Gasteiger partial charge in [-0.25, -0.2) is 8.21 Å². The maximum Gasteiger partial charge on any atom is 0.134 e. The van der Waals surface area contributed by atoms with Gasteiger partial charge < -0.3 is 0 Å². The lowest BCUT2D eigenvalue weighted by Crippen LogP contribution is -2.65. The molecule has 1 saturated heterocycles. The monoisotopic (exact) mass is 436 g/mol. The van der Waals surface area contributed by atoms with Crippen LogP contribution in [0.25, 0.3) is 0 Å². The average molecular weight is 437 g/mol. The van der Waals surface area contributed by atoms with E-state index < -0.39 is 16.5 Å². The first-order valence-corrected chi connectivity index (χ1v) is 19.6. The second-order valence-corrected chi connectivity index (χ2v) is 25.9. The van der Waals surface area contributed by atoms with Crippen molar-refractivity contribution < 1.29 is 0 Å². The Morgan fingerprint density at radius 2 is 0.692 bits per heavy atom. The van der Waals surface area contributed by atoms with E-state index in [1.165, 1.54) is 0 Å². The summed E-state index contributed by atoms with van der Waals surface area (Å²) in [6.07, 6.45) is 0. The van der Waals surface area contributed by atoms with Crippen LogP contribution in [0, 0.1) is 0 Å². The second kappa shape index (κ2) is 8.87. The summed E-state index contributed by atoms with van der Waals surface area (Å²) in [5, 5.41) is 0. The van der Waals surface area contributed by atoms with Crippen LogP contribution in [0.3, 0.4) is 0 Å². The quantitative estimate of drug-likeness (QED) is 0.301. The molecule has 1 aliphatic rings. The summed E-state index contributed by atoms with van der Waals surface area (Å²) in [7, 11) is -3.59. The zero-order chi connectivity index (χ0) is 20.8. The first-order valence-electron chi connectivity index (χ1n) is 10.3. The van der Waals surface area contributed by atoms with Gasteiger partial charge in [0.15, 0.2) is 0 Å². The zero-order valence-corrected chi connectivity index (χ0v) is 23.8. The molecule has 0 bridgehead atoms. The molecule has 0 radical (unpaired) electrons. The van der Waals surface area contributed by atoms with Crippen LogP contribution >= 0.6 is 16.7 Å². The third-order valence-corrected chi connectivity index (χ3v) is 22.1. The lowest BCUT2D eigenvalue weighted by molar-refractivity contribution is 0.279. The maximum atomic E-state index is 3.04. The summed E-state index contributed by atoms with van der Waals surface area (Å²) in [4.78, 5) is 0. The smallest absolute Gasteiger partial charge is 0.134 e. The van der Waals surface area contributed by atoms with Crippen LogP contribution in [-0.4, -0.2) is 58.2 Å². The number of hydrogen-bond donors (Lipinski definition) is 0. The number of rotatable bonds is 8. The van der Waals surface area contributed by atoms with Crippen LogP contribution in [0.5, 0.6) is 0 Å². The topological polar surface area (TPSA) is 13.0 Å². The van der Waals surface area contributed by atoms with E-state index in [1.54, 1.807) is 0 Å². The first-order chi connectivity index (χ1) is 11.5. The highest BCUT2D eigenvalue weighted by Crippen LogP contribution is 2.83. The fourth-order valence-electron chi connectivity index (χ4n) is 3.76. The lowest BCUT2D eigenvalue weighted by Gasteiger charge is -2.70. The zero-order valence-electron chi connectivity index (χ0n) is 20.0. The molecule has 0 aromatic heterocycles. The maximum absolute atomic E-state index is 3.04. The van der Waals surface area contributed by atoms with E-state index in [1.807, 2.05) is 0 Å². The summed E-state index contributed by atoms with van der Waals surface area (Å²) in [6.45, 7) is 34.4. The SMILES string of the molecule is CC(C)N(C(C)C)P1N([Si](C)(C)C)P(N(C(C)C)C(C)C)N1[Si](C)(C)C. The molecule has 8 heteroatoms. The Morgan fingerprint density at radius 3 is 0.808 bits per heavy atom. The molecule has 1 heterocycles. The molecule has 0 unspecified atom stereocenters. The molecule has 26 heavy (non-hydrogen) atoms. The van der Waals surface area contributed by atoms with E-state index in [0.29, 0.717) is 24.2 Å². The second-order valence-electron chi connectivity index (χ2n) is 10.6. The van der Waals surface area contributed by atoms with Crippen LogP contribution in [0.1, 0.15) is 55.4 Å². The van der Waals surface area contributed by atoms with Crippen LogP contribution in [0.15, 0.2) is 0 Å². The van der Waals surface area contributed by atoms with Gasteiger partial charge in [-0.15, -0.1) is 0 Å². The molecule has 0 spiro atoms. The molecule has 0 aliphatic carbocycles. The molecule has 0 aromatic rings. The van der Waals surface area contributed by atoms with Crippen molar-refractivity contribution in [3.8, 4) is 0 Å². The predicted octanol–water partition coefficient (Wildman–Crippen LogP) is 6.97. The van der Waals surface area contributed by atoms with Crippen molar-refractivity contribution in [2.45, 2.75) is 119 Å². The number of hydrogen-bond acceptors (Lipinski definition) is 4. The minimum absolute atomic E-state index is 0.354. The van der Waals surface area contributed by atoms with E-state index in [4.69, 9.17) is 0 Å². The summed E-state index contributed by atoms with van der Waals surface area (Å²) >= 11 is 0. The van der Waals surface area contributed by atoms with Gasteiger partial charge >= 0.3 is 0 Å².